The van der Waals surface area contributed by atoms with Gasteiger partial charge in [0.1, 0.15) is 5.76 Å². The lowest BCUT2D eigenvalue weighted by atomic mass is 10.2. The van der Waals surface area contributed by atoms with Crippen LogP contribution in [0.25, 0.3) is 0 Å². The highest BCUT2D eigenvalue weighted by molar-refractivity contribution is 5.10. The van der Waals surface area contributed by atoms with Crippen LogP contribution in [0.15, 0.2) is 47.3 Å². The summed E-state index contributed by atoms with van der Waals surface area (Å²) in [6.45, 7) is 3.04. The van der Waals surface area contributed by atoms with E-state index in [4.69, 9.17) is 4.42 Å². The molecule has 84 valence electrons. The van der Waals surface area contributed by atoms with Crippen molar-refractivity contribution in [1.29, 1.82) is 0 Å². The predicted octanol–water partition coefficient (Wildman–Crippen LogP) is 2.57. The zero-order valence-corrected chi connectivity index (χ0v) is 9.39. The summed E-state index contributed by atoms with van der Waals surface area (Å²) in [7, 11) is 0. The summed E-state index contributed by atoms with van der Waals surface area (Å²) >= 11 is 0. The molecule has 0 saturated carbocycles. The minimum Gasteiger partial charge on any atom is -0.468 e. The van der Waals surface area contributed by atoms with E-state index in [1.165, 1.54) is 5.56 Å². The lowest BCUT2D eigenvalue weighted by Crippen LogP contribution is -2.20. The normalized spacial score (nSPS) is 12.6. The van der Waals surface area contributed by atoms with Gasteiger partial charge in [0.25, 0.3) is 0 Å². The summed E-state index contributed by atoms with van der Waals surface area (Å²) in [5.74, 6) is 0.981. The maximum absolute atomic E-state index is 5.33. The fourth-order valence-electron chi connectivity index (χ4n) is 1.62. The number of hydrogen-bond acceptors (Lipinski definition) is 3. The maximum Gasteiger partial charge on any atom is 0.120 e. The molecule has 0 aromatic carbocycles. The minimum atomic E-state index is 0.261. The Balaban J connectivity index is 1.76. The van der Waals surface area contributed by atoms with Gasteiger partial charge in [-0.25, -0.2) is 0 Å². The first-order chi connectivity index (χ1) is 7.86. The van der Waals surface area contributed by atoms with Gasteiger partial charge in [0, 0.05) is 12.4 Å². The first-order valence-electron chi connectivity index (χ1n) is 5.52. The van der Waals surface area contributed by atoms with E-state index in [2.05, 4.69) is 17.2 Å². The molecule has 0 aliphatic heterocycles. The summed E-state index contributed by atoms with van der Waals surface area (Å²) in [6, 6.07) is 8.25. The number of nitrogens with zero attached hydrogens (tertiary/aromatic N) is 1. The Morgan fingerprint density at radius 3 is 2.81 bits per heavy atom. The highest BCUT2D eigenvalue weighted by Crippen LogP contribution is 2.11. The Kier molecular flexibility index (Phi) is 3.72. The molecule has 0 aliphatic rings. The van der Waals surface area contributed by atoms with Gasteiger partial charge >= 0.3 is 0 Å². The SMILES string of the molecule is C[C@H](NCCc1ccncc1)c1ccco1. The van der Waals surface area contributed by atoms with E-state index in [1.807, 2.05) is 36.7 Å². The van der Waals surface area contributed by atoms with Crippen molar-refractivity contribution in [2.75, 3.05) is 6.54 Å². The summed E-state index contributed by atoms with van der Waals surface area (Å²) in [5, 5.41) is 3.42. The van der Waals surface area contributed by atoms with Crippen molar-refractivity contribution in [3.05, 3.63) is 54.2 Å². The second-order valence-electron chi connectivity index (χ2n) is 3.80. The van der Waals surface area contributed by atoms with Crippen molar-refractivity contribution < 1.29 is 4.42 Å². The van der Waals surface area contributed by atoms with Crippen LogP contribution in [0.3, 0.4) is 0 Å². The largest absolute Gasteiger partial charge is 0.468 e. The number of aromatic nitrogens is 1. The lowest BCUT2D eigenvalue weighted by Gasteiger charge is -2.10. The van der Waals surface area contributed by atoms with E-state index in [0.717, 1.165) is 18.7 Å². The summed E-state index contributed by atoms with van der Waals surface area (Å²) < 4.78 is 5.33. The van der Waals surface area contributed by atoms with Gasteiger partial charge in [-0.2, -0.15) is 0 Å². The van der Waals surface area contributed by atoms with E-state index < -0.39 is 0 Å². The zero-order chi connectivity index (χ0) is 11.2. The first kappa shape index (κ1) is 10.9. The van der Waals surface area contributed by atoms with Crippen molar-refractivity contribution in [3.63, 3.8) is 0 Å². The molecule has 0 aliphatic carbocycles. The van der Waals surface area contributed by atoms with Gasteiger partial charge in [0.15, 0.2) is 0 Å². The topological polar surface area (TPSA) is 38.1 Å². The quantitative estimate of drug-likeness (QED) is 0.834. The van der Waals surface area contributed by atoms with Crippen molar-refractivity contribution in [2.24, 2.45) is 0 Å². The maximum atomic E-state index is 5.33. The van der Waals surface area contributed by atoms with E-state index in [9.17, 15) is 0 Å². The van der Waals surface area contributed by atoms with Crippen molar-refractivity contribution >= 4 is 0 Å². The van der Waals surface area contributed by atoms with E-state index in [0.29, 0.717) is 0 Å². The predicted molar refractivity (Wildman–Crippen MR) is 63.1 cm³/mol. The summed E-state index contributed by atoms with van der Waals surface area (Å²) in [4.78, 5) is 3.99. The minimum absolute atomic E-state index is 0.261. The molecule has 2 heterocycles. The molecular weight excluding hydrogens is 200 g/mol. The monoisotopic (exact) mass is 216 g/mol. The Morgan fingerprint density at radius 2 is 2.12 bits per heavy atom. The molecule has 1 N–H and O–H groups in total. The van der Waals surface area contributed by atoms with Crippen LogP contribution < -0.4 is 5.32 Å². The van der Waals surface area contributed by atoms with E-state index in [-0.39, 0.29) is 6.04 Å². The van der Waals surface area contributed by atoms with Gasteiger partial charge in [-0.05, 0) is 49.7 Å². The van der Waals surface area contributed by atoms with Gasteiger partial charge in [0.05, 0.1) is 12.3 Å². The molecule has 3 nitrogen and oxygen atoms in total. The van der Waals surface area contributed by atoms with Gasteiger partial charge in [-0.15, -0.1) is 0 Å². The Bertz CT molecular complexity index is 397. The van der Waals surface area contributed by atoms with E-state index in [1.54, 1.807) is 6.26 Å². The number of furan rings is 1. The highest BCUT2D eigenvalue weighted by Gasteiger charge is 2.06. The molecule has 0 amide bonds. The molecule has 3 heteroatoms. The van der Waals surface area contributed by atoms with Crippen molar-refractivity contribution in [3.8, 4) is 0 Å². The van der Waals surface area contributed by atoms with Gasteiger partial charge in [-0.3, -0.25) is 4.98 Å². The molecule has 0 bridgehead atoms. The van der Waals surface area contributed by atoms with Crippen LogP contribution in [0, 0.1) is 0 Å². The average Bonchev–Trinajstić information content (AvgIpc) is 2.84. The van der Waals surface area contributed by atoms with Gasteiger partial charge in [-0.1, -0.05) is 0 Å². The molecular formula is C13H16N2O. The summed E-state index contributed by atoms with van der Waals surface area (Å²) in [5.41, 5.74) is 1.30. The average molecular weight is 216 g/mol. The second-order valence-corrected chi connectivity index (χ2v) is 3.80. The molecule has 0 unspecified atom stereocenters. The van der Waals surface area contributed by atoms with Gasteiger partial charge < -0.3 is 9.73 Å². The summed E-state index contributed by atoms with van der Waals surface area (Å²) in [6.07, 6.45) is 6.36. The zero-order valence-electron chi connectivity index (χ0n) is 9.39. The number of hydrogen-bond donors (Lipinski definition) is 1. The van der Waals surface area contributed by atoms with Gasteiger partial charge in [0.2, 0.25) is 0 Å². The van der Waals surface area contributed by atoms with E-state index >= 15 is 0 Å². The van der Waals surface area contributed by atoms with Crippen molar-refractivity contribution in [2.45, 2.75) is 19.4 Å². The molecule has 0 radical (unpaired) electrons. The second kappa shape index (κ2) is 5.47. The van der Waals surface area contributed by atoms with Crippen LogP contribution in [0.2, 0.25) is 0 Å². The lowest BCUT2D eigenvalue weighted by molar-refractivity contribution is 0.432. The number of rotatable bonds is 5. The van der Waals surface area contributed by atoms with Crippen LogP contribution >= 0.6 is 0 Å². The smallest absolute Gasteiger partial charge is 0.120 e. The molecule has 0 fully saturated rings. The molecule has 1 atom stereocenters. The Morgan fingerprint density at radius 1 is 1.31 bits per heavy atom. The third-order valence-electron chi connectivity index (χ3n) is 2.58. The third-order valence-corrected chi connectivity index (χ3v) is 2.58. The fourth-order valence-corrected chi connectivity index (χ4v) is 1.62. The standard InChI is InChI=1S/C13H16N2O/c1-11(13-3-2-10-16-13)15-9-6-12-4-7-14-8-5-12/h2-5,7-8,10-11,15H,6,9H2,1H3/t11-/m0/s1. The third kappa shape index (κ3) is 2.94. The molecule has 2 aromatic heterocycles. The highest BCUT2D eigenvalue weighted by atomic mass is 16.3. The molecule has 2 aromatic rings. The molecule has 0 saturated heterocycles. The Labute approximate surface area is 95.5 Å². The number of nitrogens with one attached hydrogen (secondary N) is 1. The van der Waals surface area contributed by atoms with Crippen molar-refractivity contribution in [1.82, 2.24) is 10.3 Å². The molecule has 16 heavy (non-hydrogen) atoms. The van der Waals surface area contributed by atoms with Crippen LogP contribution in [0.1, 0.15) is 24.3 Å². The Hall–Kier alpha value is -1.61. The molecule has 0 spiro atoms. The molecule has 2 rings (SSSR count). The van der Waals surface area contributed by atoms with Crippen LogP contribution in [-0.4, -0.2) is 11.5 Å². The fraction of sp³-hybridized carbons (Fsp3) is 0.308. The van der Waals surface area contributed by atoms with Crippen LogP contribution in [0.4, 0.5) is 0 Å². The first-order valence-corrected chi connectivity index (χ1v) is 5.52. The van der Waals surface area contributed by atoms with Crippen LogP contribution in [0.5, 0.6) is 0 Å². The van der Waals surface area contributed by atoms with Crippen LogP contribution in [-0.2, 0) is 6.42 Å². The number of pyridine rings is 1.